The van der Waals surface area contributed by atoms with Gasteiger partial charge in [0.2, 0.25) is 0 Å². The molecule has 2 heterocycles. The Labute approximate surface area is 120 Å². The van der Waals surface area contributed by atoms with Crippen molar-refractivity contribution in [1.82, 2.24) is 10.3 Å². The molecule has 96 valence electrons. The van der Waals surface area contributed by atoms with Gasteiger partial charge in [-0.1, -0.05) is 0 Å². The average molecular weight is 326 g/mol. The third-order valence-corrected chi connectivity index (χ3v) is 4.36. The summed E-state index contributed by atoms with van der Waals surface area (Å²) in [5.74, 6) is 0. The lowest BCUT2D eigenvalue weighted by molar-refractivity contribution is 0.804. The summed E-state index contributed by atoms with van der Waals surface area (Å²) in [6, 6.07) is 4.22. The van der Waals surface area contributed by atoms with Crippen LogP contribution in [0.15, 0.2) is 34.4 Å². The van der Waals surface area contributed by atoms with Crippen LogP contribution in [0.4, 0.5) is 5.69 Å². The van der Waals surface area contributed by atoms with Crippen LogP contribution in [0, 0.1) is 0 Å². The first-order valence-electron chi connectivity index (χ1n) is 5.72. The Morgan fingerprint density at radius 2 is 2.33 bits per heavy atom. The van der Waals surface area contributed by atoms with Crippen LogP contribution < -0.4 is 10.2 Å². The molecule has 0 aliphatic carbocycles. The summed E-state index contributed by atoms with van der Waals surface area (Å²) >= 11 is 5.25. The molecule has 18 heavy (non-hydrogen) atoms. The van der Waals surface area contributed by atoms with E-state index < -0.39 is 0 Å². The van der Waals surface area contributed by atoms with Gasteiger partial charge in [0.25, 0.3) is 0 Å². The molecule has 0 saturated carbocycles. The summed E-state index contributed by atoms with van der Waals surface area (Å²) in [6.45, 7) is 1.76. The van der Waals surface area contributed by atoms with E-state index in [1.54, 1.807) is 11.3 Å². The SMILES string of the molecule is CNCc1ccncc1N(C)Cc1cc(Br)cs1. The third-order valence-electron chi connectivity index (χ3n) is 2.68. The van der Waals surface area contributed by atoms with Gasteiger partial charge < -0.3 is 10.2 Å². The van der Waals surface area contributed by atoms with Crippen molar-refractivity contribution in [3.63, 3.8) is 0 Å². The van der Waals surface area contributed by atoms with Crippen molar-refractivity contribution in [1.29, 1.82) is 0 Å². The number of nitrogens with one attached hydrogen (secondary N) is 1. The van der Waals surface area contributed by atoms with E-state index in [9.17, 15) is 0 Å². The first-order valence-corrected chi connectivity index (χ1v) is 7.39. The highest BCUT2D eigenvalue weighted by Crippen LogP contribution is 2.24. The number of pyridine rings is 1. The Morgan fingerprint density at radius 1 is 1.50 bits per heavy atom. The van der Waals surface area contributed by atoms with E-state index in [0.717, 1.165) is 17.6 Å². The maximum atomic E-state index is 4.22. The fourth-order valence-electron chi connectivity index (χ4n) is 1.85. The minimum Gasteiger partial charge on any atom is -0.368 e. The van der Waals surface area contributed by atoms with Crippen LogP contribution in [0.25, 0.3) is 0 Å². The van der Waals surface area contributed by atoms with Gasteiger partial charge in [-0.3, -0.25) is 4.98 Å². The molecule has 0 amide bonds. The Hall–Kier alpha value is -0.910. The van der Waals surface area contributed by atoms with Crippen molar-refractivity contribution in [2.24, 2.45) is 0 Å². The molecule has 0 aliphatic heterocycles. The minimum absolute atomic E-state index is 0.857. The second kappa shape index (κ2) is 6.31. The normalized spacial score (nSPS) is 10.6. The van der Waals surface area contributed by atoms with Crippen molar-refractivity contribution < 1.29 is 0 Å². The predicted octanol–water partition coefficient (Wildman–Crippen LogP) is 3.26. The number of thiophene rings is 1. The number of aromatic nitrogens is 1. The fourth-order valence-corrected chi connectivity index (χ4v) is 3.36. The van der Waals surface area contributed by atoms with Crippen molar-refractivity contribution in [2.45, 2.75) is 13.1 Å². The summed E-state index contributed by atoms with van der Waals surface area (Å²) in [5.41, 5.74) is 2.45. The Bertz CT molecular complexity index is 512. The van der Waals surface area contributed by atoms with Gasteiger partial charge in [0.05, 0.1) is 18.4 Å². The summed E-state index contributed by atoms with van der Waals surface area (Å²) in [4.78, 5) is 7.79. The molecule has 0 atom stereocenters. The molecule has 2 aromatic heterocycles. The van der Waals surface area contributed by atoms with Gasteiger partial charge in [0, 0.05) is 34.5 Å². The molecule has 0 aromatic carbocycles. The lowest BCUT2D eigenvalue weighted by Crippen LogP contribution is -2.19. The molecule has 2 rings (SSSR count). The van der Waals surface area contributed by atoms with Crippen molar-refractivity contribution in [3.8, 4) is 0 Å². The summed E-state index contributed by atoms with van der Waals surface area (Å²) in [6.07, 6.45) is 3.76. The van der Waals surface area contributed by atoms with E-state index >= 15 is 0 Å². The average Bonchev–Trinajstić information content (AvgIpc) is 2.76. The monoisotopic (exact) mass is 325 g/mol. The van der Waals surface area contributed by atoms with E-state index in [2.05, 4.69) is 55.7 Å². The molecule has 0 unspecified atom stereocenters. The van der Waals surface area contributed by atoms with Crippen molar-refractivity contribution in [3.05, 3.63) is 44.8 Å². The van der Waals surface area contributed by atoms with Crippen LogP contribution in [0.2, 0.25) is 0 Å². The van der Waals surface area contributed by atoms with Crippen molar-refractivity contribution in [2.75, 3.05) is 19.0 Å². The first kappa shape index (κ1) is 13.5. The van der Waals surface area contributed by atoms with E-state index in [-0.39, 0.29) is 0 Å². The Balaban J connectivity index is 2.15. The largest absolute Gasteiger partial charge is 0.368 e. The second-order valence-corrected chi connectivity index (χ2v) is 6.03. The first-order chi connectivity index (χ1) is 8.70. The standard InChI is InChI=1S/C13H16BrN3S/c1-15-6-10-3-4-16-7-13(10)17(2)8-12-5-11(14)9-18-12/h3-5,7,9,15H,6,8H2,1-2H3. The number of halogens is 1. The third kappa shape index (κ3) is 3.31. The van der Waals surface area contributed by atoms with Gasteiger partial charge >= 0.3 is 0 Å². The van der Waals surface area contributed by atoms with Gasteiger partial charge in [0.15, 0.2) is 0 Å². The van der Waals surface area contributed by atoms with Crippen LogP contribution in [0.3, 0.4) is 0 Å². The quantitative estimate of drug-likeness (QED) is 0.914. The number of nitrogens with zero attached hydrogens (tertiary/aromatic N) is 2. The number of anilines is 1. The van der Waals surface area contributed by atoms with Crippen LogP contribution >= 0.6 is 27.3 Å². The molecule has 0 saturated heterocycles. The van der Waals surface area contributed by atoms with Crippen LogP contribution in [-0.2, 0) is 13.1 Å². The molecule has 0 spiro atoms. The molecule has 1 N–H and O–H groups in total. The smallest absolute Gasteiger partial charge is 0.0599 e. The highest BCUT2D eigenvalue weighted by molar-refractivity contribution is 9.10. The van der Waals surface area contributed by atoms with Crippen LogP contribution in [0.1, 0.15) is 10.4 Å². The summed E-state index contributed by atoms with van der Waals surface area (Å²) in [5, 5.41) is 5.30. The predicted molar refractivity (Wildman–Crippen MR) is 81.1 cm³/mol. The van der Waals surface area contributed by atoms with Gasteiger partial charge in [0.1, 0.15) is 0 Å². The Morgan fingerprint density at radius 3 is 3.00 bits per heavy atom. The highest BCUT2D eigenvalue weighted by Gasteiger charge is 2.08. The van der Waals surface area contributed by atoms with Crippen molar-refractivity contribution >= 4 is 33.0 Å². The van der Waals surface area contributed by atoms with Gasteiger partial charge in [-0.05, 0) is 40.7 Å². The maximum Gasteiger partial charge on any atom is 0.0599 e. The van der Waals surface area contributed by atoms with Crippen LogP contribution in [0.5, 0.6) is 0 Å². The van der Waals surface area contributed by atoms with Gasteiger partial charge in [-0.25, -0.2) is 0 Å². The summed E-state index contributed by atoms with van der Waals surface area (Å²) in [7, 11) is 4.06. The molecule has 0 bridgehead atoms. The minimum atomic E-state index is 0.857. The van der Waals surface area contributed by atoms with Gasteiger partial charge in [-0.15, -0.1) is 11.3 Å². The molecular formula is C13H16BrN3S. The lowest BCUT2D eigenvalue weighted by atomic mass is 10.2. The molecule has 0 aliphatic rings. The number of hydrogen-bond donors (Lipinski definition) is 1. The topological polar surface area (TPSA) is 28.2 Å². The molecule has 0 radical (unpaired) electrons. The molecule has 0 fully saturated rings. The van der Waals surface area contributed by atoms with E-state index in [4.69, 9.17) is 0 Å². The van der Waals surface area contributed by atoms with Crippen LogP contribution in [-0.4, -0.2) is 19.1 Å². The lowest BCUT2D eigenvalue weighted by Gasteiger charge is -2.21. The molecule has 2 aromatic rings. The van der Waals surface area contributed by atoms with Gasteiger partial charge in [-0.2, -0.15) is 0 Å². The molecule has 5 heteroatoms. The van der Waals surface area contributed by atoms with E-state index in [1.807, 2.05) is 19.4 Å². The second-order valence-electron chi connectivity index (χ2n) is 4.12. The zero-order valence-electron chi connectivity index (χ0n) is 10.5. The fraction of sp³-hybridized carbons (Fsp3) is 0.308. The van der Waals surface area contributed by atoms with E-state index in [1.165, 1.54) is 16.1 Å². The zero-order chi connectivity index (χ0) is 13.0. The van der Waals surface area contributed by atoms with E-state index in [0.29, 0.717) is 0 Å². The zero-order valence-corrected chi connectivity index (χ0v) is 12.9. The Kier molecular flexibility index (Phi) is 4.74. The number of rotatable bonds is 5. The summed E-state index contributed by atoms with van der Waals surface area (Å²) < 4.78 is 1.15. The maximum absolute atomic E-state index is 4.22. The number of hydrogen-bond acceptors (Lipinski definition) is 4. The molecular weight excluding hydrogens is 310 g/mol. The molecule has 3 nitrogen and oxygen atoms in total. The highest BCUT2D eigenvalue weighted by atomic mass is 79.9.